The predicted molar refractivity (Wildman–Crippen MR) is 84.6 cm³/mol. The summed E-state index contributed by atoms with van der Waals surface area (Å²) in [5.41, 5.74) is 1.73. The van der Waals surface area contributed by atoms with Gasteiger partial charge in [0.05, 0.1) is 6.04 Å². The molecule has 3 heteroatoms. The number of hydrogen-bond donors (Lipinski definition) is 1. The van der Waals surface area contributed by atoms with Crippen LogP contribution in [-0.4, -0.2) is 34.7 Å². The van der Waals surface area contributed by atoms with Gasteiger partial charge in [-0.25, -0.2) is 0 Å². The van der Waals surface area contributed by atoms with E-state index in [1.165, 1.54) is 18.4 Å². The maximum Gasteiger partial charge on any atom is 0.126 e. The van der Waals surface area contributed by atoms with Crippen LogP contribution in [-0.2, 0) is 0 Å². The molecule has 2 heterocycles. The second kappa shape index (κ2) is 5.29. The van der Waals surface area contributed by atoms with Crippen molar-refractivity contribution < 1.29 is 9.84 Å². The minimum Gasteiger partial charge on any atom is -0.486 e. The van der Waals surface area contributed by atoms with E-state index in [0.29, 0.717) is 5.92 Å². The molecule has 0 radical (unpaired) electrons. The van der Waals surface area contributed by atoms with Crippen molar-refractivity contribution in [3.8, 4) is 5.75 Å². The van der Waals surface area contributed by atoms with Gasteiger partial charge in [0, 0.05) is 12.1 Å². The molecule has 1 aromatic rings. The smallest absolute Gasteiger partial charge is 0.126 e. The molecule has 3 nitrogen and oxygen atoms in total. The fraction of sp³-hybridized carbons (Fsp3) is 0.667. The van der Waals surface area contributed by atoms with Gasteiger partial charge in [0.25, 0.3) is 0 Å². The van der Waals surface area contributed by atoms with E-state index in [1.54, 1.807) is 0 Å². The molecule has 1 fully saturated rings. The van der Waals surface area contributed by atoms with E-state index in [1.807, 2.05) is 12.1 Å². The third-order valence-corrected chi connectivity index (χ3v) is 4.95. The van der Waals surface area contributed by atoms with Gasteiger partial charge in [-0.2, -0.15) is 0 Å². The zero-order valence-electron chi connectivity index (χ0n) is 13.6. The van der Waals surface area contributed by atoms with E-state index in [0.717, 1.165) is 24.4 Å². The summed E-state index contributed by atoms with van der Waals surface area (Å²) in [6.45, 7) is 10.7. The van der Waals surface area contributed by atoms with Crippen molar-refractivity contribution in [2.75, 3.05) is 13.1 Å². The Kier molecular flexibility index (Phi) is 3.74. The highest BCUT2D eigenvalue weighted by Crippen LogP contribution is 2.43. The van der Waals surface area contributed by atoms with Crippen molar-refractivity contribution >= 4 is 0 Å². The third kappa shape index (κ3) is 2.69. The highest BCUT2D eigenvalue weighted by atomic mass is 16.5. The predicted octanol–water partition coefficient (Wildman–Crippen LogP) is 3.30. The van der Waals surface area contributed by atoms with E-state index >= 15 is 0 Å². The van der Waals surface area contributed by atoms with Crippen molar-refractivity contribution in [3.63, 3.8) is 0 Å². The first-order valence-corrected chi connectivity index (χ1v) is 8.10. The Morgan fingerprint density at radius 1 is 1.33 bits per heavy atom. The standard InChI is InChI=1S/C18H27NO2/c1-12-7-8-15-14(10-12)16(20)17(18(3,4)21-15)19-9-5-6-13(2)11-19/h7-8,10,13,16-17,20H,5-6,9,11H2,1-4H3. The normalized spacial score (nSPS) is 32.3. The molecular formula is C18H27NO2. The van der Waals surface area contributed by atoms with E-state index in [-0.39, 0.29) is 11.6 Å². The third-order valence-electron chi connectivity index (χ3n) is 4.95. The summed E-state index contributed by atoms with van der Waals surface area (Å²) in [6, 6.07) is 6.13. The number of aryl methyl sites for hydroxylation is 1. The average Bonchev–Trinajstić information content (AvgIpc) is 2.39. The molecule has 3 atom stereocenters. The quantitative estimate of drug-likeness (QED) is 0.861. The number of aliphatic hydroxyl groups excluding tert-OH is 1. The Morgan fingerprint density at radius 3 is 2.81 bits per heavy atom. The van der Waals surface area contributed by atoms with E-state index in [4.69, 9.17) is 4.74 Å². The lowest BCUT2D eigenvalue weighted by Gasteiger charge is -2.50. The van der Waals surface area contributed by atoms with Gasteiger partial charge >= 0.3 is 0 Å². The summed E-state index contributed by atoms with van der Waals surface area (Å²) in [7, 11) is 0. The van der Waals surface area contributed by atoms with Crippen LogP contribution in [0.15, 0.2) is 18.2 Å². The highest BCUT2D eigenvalue weighted by molar-refractivity contribution is 5.42. The minimum atomic E-state index is -0.478. The lowest BCUT2D eigenvalue weighted by Crippen LogP contribution is -2.59. The molecule has 3 rings (SSSR count). The Balaban J connectivity index is 1.96. The number of ether oxygens (including phenoxy) is 1. The highest BCUT2D eigenvalue weighted by Gasteiger charge is 2.46. The number of benzene rings is 1. The summed E-state index contributed by atoms with van der Waals surface area (Å²) in [5.74, 6) is 1.53. The second-order valence-electron chi connectivity index (χ2n) is 7.38. The maximum atomic E-state index is 11.0. The monoisotopic (exact) mass is 289 g/mol. The molecule has 0 amide bonds. The molecule has 2 aliphatic heterocycles. The first-order chi connectivity index (χ1) is 9.88. The molecule has 1 saturated heterocycles. The first kappa shape index (κ1) is 14.9. The van der Waals surface area contributed by atoms with E-state index in [2.05, 4.69) is 38.7 Å². The van der Waals surface area contributed by atoms with Crippen molar-refractivity contribution in [1.82, 2.24) is 4.90 Å². The SMILES string of the molecule is Cc1ccc2c(c1)C(O)C(N1CCCC(C)C1)C(C)(C)O2. The molecule has 0 aliphatic carbocycles. The molecule has 1 aromatic carbocycles. The average molecular weight is 289 g/mol. The molecule has 3 unspecified atom stereocenters. The number of likely N-dealkylation sites (tertiary alicyclic amines) is 1. The Bertz CT molecular complexity index is 526. The van der Waals surface area contributed by atoms with Gasteiger partial charge in [0.1, 0.15) is 17.5 Å². The molecule has 21 heavy (non-hydrogen) atoms. The van der Waals surface area contributed by atoms with Crippen LogP contribution in [0.25, 0.3) is 0 Å². The fourth-order valence-corrected chi connectivity index (χ4v) is 4.00. The fourth-order valence-electron chi connectivity index (χ4n) is 4.00. The van der Waals surface area contributed by atoms with Crippen LogP contribution in [0.5, 0.6) is 5.75 Å². The van der Waals surface area contributed by atoms with Gasteiger partial charge in [-0.3, -0.25) is 4.90 Å². The van der Waals surface area contributed by atoms with Crippen molar-refractivity contribution in [3.05, 3.63) is 29.3 Å². The van der Waals surface area contributed by atoms with Crippen molar-refractivity contribution in [1.29, 1.82) is 0 Å². The Morgan fingerprint density at radius 2 is 2.10 bits per heavy atom. The Labute approximate surface area is 127 Å². The summed E-state index contributed by atoms with van der Waals surface area (Å²) in [6.07, 6.45) is 2.02. The van der Waals surface area contributed by atoms with Crippen molar-refractivity contribution in [2.24, 2.45) is 5.92 Å². The minimum absolute atomic E-state index is 0.0227. The maximum absolute atomic E-state index is 11.0. The second-order valence-corrected chi connectivity index (χ2v) is 7.38. The number of nitrogens with zero attached hydrogens (tertiary/aromatic N) is 1. The first-order valence-electron chi connectivity index (χ1n) is 8.10. The lowest BCUT2D eigenvalue weighted by atomic mass is 9.83. The Hall–Kier alpha value is -1.06. The summed E-state index contributed by atoms with van der Waals surface area (Å²) < 4.78 is 6.24. The number of piperidine rings is 1. The summed E-state index contributed by atoms with van der Waals surface area (Å²) in [5, 5.41) is 11.0. The van der Waals surface area contributed by atoms with E-state index in [9.17, 15) is 5.11 Å². The van der Waals surface area contributed by atoms with E-state index < -0.39 is 6.10 Å². The van der Waals surface area contributed by atoms with Crippen molar-refractivity contribution in [2.45, 2.75) is 58.3 Å². The van der Waals surface area contributed by atoms with Crippen LogP contribution in [0.3, 0.4) is 0 Å². The molecule has 0 saturated carbocycles. The number of aliphatic hydroxyl groups is 1. The van der Waals surface area contributed by atoms with Crippen LogP contribution in [0.1, 0.15) is 50.8 Å². The molecular weight excluding hydrogens is 262 g/mol. The molecule has 0 spiro atoms. The van der Waals surface area contributed by atoms with Gasteiger partial charge in [0.15, 0.2) is 0 Å². The zero-order valence-corrected chi connectivity index (χ0v) is 13.6. The summed E-state index contributed by atoms with van der Waals surface area (Å²) >= 11 is 0. The van der Waals surface area contributed by atoms with Crippen LogP contribution < -0.4 is 4.74 Å². The lowest BCUT2D eigenvalue weighted by molar-refractivity contribution is -0.0920. The van der Waals surface area contributed by atoms with Crippen LogP contribution in [0.2, 0.25) is 0 Å². The van der Waals surface area contributed by atoms with Crippen LogP contribution >= 0.6 is 0 Å². The van der Waals surface area contributed by atoms with Gasteiger partial charge < -0.3 is 9.84 Å². The molecule has 1 N–H and O–H groups in total. The zero-order chi connectivity index (χ0) is 15.2. The van der Waals surface area contributed by atoms with Gasteiger partial charge in [-0.1, -0.05) is 18.6 Å². The largest absolute Gasteiger partial charge is 0.486 e. The molecule has 116 valence electrons. The molecule has 2 aliphatic rings. The molecule has 0 bridgehead atoms. The number of fused-ring (bicyclic) bond motifs is 1. The number of hydrogen-bond acceptors (Lipinski definition) is 3. The van der Waals surface area contributed by atoms with Gasteiger partial charge in [-0.15, -0.1) is 0 Å². The van der Waals surface area contributed by atoms with Gasteiger partial charge in [-0.05, 0) is 58.2 Å². The van der Waals surface area contributed by atoms with Gasteiger partial charge in [0.2, 0.25) is 0 Å². The topological polar surface area (TPSA) is 32.7 Å². The number of rotatable bonds is 1. The molecule has 0 aromatic heterocycles. The van der Waals surface area contributed by atoms with Crippen LogP contribution in [0.4, 0.5) is 0 Å². The van der Waals surface area contributed by atoms with Crippen LogP contribution in [0, 0.1) is 12.8 Å². The summed E-state index contributed by atoms with van der Waals surface area (Å²) in [4.78, 5) is 2.43.